The van der Waals surface area contributed by atoms with Gasteiger partial charge in [-0.15, -0.1) is 0 Å². The van der Waals surface area contributed by atoms with E-state index in [4.69, 9.17) is 8.85 Å². The Morgan fingerprint density at radius 1 is 1.26 bits per heavy atom. The highest BCUT2D eigenvalue weighted by atomic mass is 28.4. The highest BCUT2D eigenvalue weighted by Crippen LogP contribution is 2.43. The van der Waals surface area contributed by atoms with Crippen molar-refractivity contribution in [1.29, 1.82) is 0 Å². The van der Waals surface area contributed by atoms with Crippen LogP contribution in [0.15, 0.2) is 30.3 Å². The van der Waals surface area contributed by atoms with E-state index in [1.165, 1.54) is 7.11 Å². The summed E-state index contributed by atoms with van der Waals surface area (Å²) in [6.07, 6.45) is -3.93. The second kappa shape index (κ2) is 4.92. The van der Waals surface area contributed by atoms with E-state index in [0.717, 1.165) is 12.1 Å². The molecule has 106 valence electrons. The first-order valence-corrected chi connectivity index (χ1v) is 8.23. The smallest absolute Gasteiger partial charge is 0.394 e. The number of benzene rings is 1. The Hall–Kier alpha value is -0.853. The number of alkyl halides is 3. The number of halogens is 3. The van der Waals surface area contributed by atoms with Crippen molar-refractivity contribution >= 4 is 13.7 Å². The van der Waals surface area contributed by atoms with Crippen molar-refractivity contribution in [3.63, 3.8) is 0 Å². The first kappa shape index (κ1) is 14.6. The fourth-order valence-corrected chi connectivity index (χ4v) is 5.80. The molecular formula is C13H17F3O2Si. The number of hydrogen-bond acceptors (Lipinski definition) is 2. The summed E-state index contributed by atoms with van der Waals surface area (Å²) in [5.74, 6) is 0. The largest absolute Gasteiger partial charge is 0.416 e. The van der Waals surface area contributed by atoms with Crippen LogP contribution in [0.3, 0.4) is 0 Å². The van der Waals surface area contributed by atoms with Gasteiger partial charge in [0.25, 0.3) is 0 Å². The lowest BCUT2D eigenvalue weighted by Crippen LogP contribution is -2.64. The van der Waals surface area contributed by atoms with Gasteiger partial charge >= 0.3 is 14.7 Å². The molecule has 1 heterocycles. The standard InChI is InChI=1S/C13H17F3O2Si/c1-12(13(14,15)16)9-6-10-19(17-2,18-12)11-7-4-3-5-8-11/h3-5,7-8H,6,9-10H2,1-2H3. The van der Waals surface area contributed by atoms with Gasteiger partial charge in [-0.25, -0.2) is 0 Å². The zero-order valence-electron chi connectivity index (χ0n) is 11.0. The molecule has 0 amide bonds. The summed E-state index contributed by atoms with van der Waals surface area (Å²) in [5, 5.41) is 0.757. The lowest BCUT2D eigenvalue weighted by atomic mass is 10.0. The second-order valence-corrected chi connectivity index (χ2v) is 8.20. The lowest BCUT2D eigenvalue weighted by molar-refractivity contribution is -0.254. The molecule has 19 heavy (non-hydrogen) atoms. The van der Waals surface area contributed by atoms with Crippen LogP contribution in [0.1, 0.15) is 19.8 Å². The van der Waals surface area contributed by atoms with E-state index in [-0.39, 0.29) is 6.42 Å². The summed E-state index contributed by atoms with van der Waals surface area (Å²) in [7, 11) is -1.55. The van der Waals surface area contributed by atoms with Crippen LogP contribution in [0.4, 0.5) is 13.2 Å². The molecule has 2 unspecified atom stereocenters. The van der Waals surface area contributed by atoms with Crippen molar-refractivity contribution in [2.45, 2.75) is 37.6 Å². The molecule has 0 N–H and O–H groups in total. The maximum atomic E-state index is 13.2. The molecule has 0 aromatic heterocycles. The number of hydrogen-bond donors (Lipinski definition) is 0. The Kier molecular flexibility index (Phi) is 3.77. The molecule has 1 aromatic rings. The SMILES string of the molecule is CO[Si]1(c2ccccc2)CCCC(C)(C(F)(F)F)O1. The monoisotopic (exact) mass is 290 g/mol. The van der Waals surface area contributed by atoms with E-state index in [9.17, 15) is 13.2 Å². The van der Waals surface area contributed by atoms with Gasteiger partial charge in [-0.05, 0) is 31.0 Å². The van der Waals surface area contributed by atoms with E-state index in [0.29, 0.717) is 12.5 Å². The van der Waals surface area contributed by atoms with Gasteiger partial charge in [0.1, 0.15) is 0 Å². The molecule has 0 aliphatic carbocycles. The number of rotatable bonds is 2. The van der Waals surface area contributed by atoms with E-state index >= 15 is 0 Å². The Morgan fingerprint density at radius 3 is 2.42 bits per heavy atom. The predicted molar refractivity (Wildman–Crippen MR) is 68.4 cm³/mol. The Bertz CT molecular complexity index is 437. The minimum Gasteiger partial charge on any atom is -0.394 e. The zero-order valence-corrected chi connectivity index (χ0v) is 12.0. The Balaban J connectivity index is 2.37. The van der Waals surface area contributed by atoms with Crippen molar-refractivity contribution in [2.24, 2.45) is 0 Å². The van der Waals surface area contributed by atoms with E-state index < -0.39 is 20.3 Å². The van der Waals surface area contributed by atoms with Crippen LogP contribution in [0, 0.1) is 0 Å². The molecular weight excluding hydrogens is 273 g/mol. The van der Waals surface area contributed by atoms with E-state index in [1.54, 1.807) is 24.3 Å². The Labute approximate surface area is 111 Å². The average molecular weight is 290 g/mol. The van der Waals surface area contributed by atoms with Crippen molar-refractivity contribution in [1.82, 2.24) is 0 Å². The third-order valence-electron chi connectivity index (χ3n) is 3.69. The Morgan fingerprint density at radius 2 is 1.89 bits per heavy atom. The summed E-state index contributed by atoms with van der Waals surface area (Å²) in [5.41, 5.74) is -2.11. The predicted octanol–water partition coefficient (Wildman–Crippen LogP) is 3.11. The van der Waals surface area contributed by atoms with Crippen molar-refractivity contribution < 1.29 is 22.0 Å². The van der Waals surface area contributed by atoms with Crippen molar-refractivity contribution in [3.05, 3.63) is 30.3 Å². The minimum absolute atomic E-state index is 0.0125. The third kappa shape index (κ3) is 2.57. The van der Waals surface area contributed by atoms with Crippen LogP contribution in [-0.4, -0.2) is 27.4 Å². The fraction of sp³-hybridized carbons (Fsp3) is 0.538. The molecule has 2 rings (SSSR count). The molecule has 1 aliphatic rings. The second-order valence-electron chi connectivity index (χ2n) is 5.01. The molecule has 1 aromatic carbocycles. The quantitative estimate of drug-likeness (QED) is 0.779. The van der Waals surface area contributed by atoms with Gasteiger partial charge in [0.2, 0.25) is 0 Å². The summed E-state index contributed by atoms with van der Waals surface area (Å²) in [6.45, 7) is 1.12. The van der Waals surface area contributed by atoms with Crippen molar-refractivity contribution in [2.75, 3.05) is 7.11 Å². The molecule has 1 aliphatic heterocycles. The van der Waals surface area contributed by atoms with Gasteiger partial charge in [0.15, 0.2) is 5.60 Å². The molecule has 1 saturated heterocycles. The fourth-order valence-electron chi connectivity index (χ4n) is 2.48. The van der Waals surface area contributed by atoms with Crippen LogP contribution in [0.5, 0.6) is 0 Å². The summed E-state index contributed by atoms with van der Waals surface area (Å²) in [6, 6.07) is 9.56. The normalized spacial score (nSPS) is 32.3. The highest BCUT2D eigenvalue weighted by molar-refractivity contribution is 6.81. The third-order valence-corrected chi connectivity index (χ3v) is 7.36. The van der Waals surface area contributed by atoms with Gasteiger partial charge < -0.3 is 8.85 Å². The van der Waals surface area contributed by atoms with Gasteiger partial charge in [-0.3, -0.25) is 0 Å². The van der Waals surface area contributed by atoms with E-state index in [2.05, 4.69) is 0 Å². The summed E-state index contributed by atoms with van der Waals surface area (Å²) >= 11 is 0. The molecule has 0 saturated carbocycles. The zero-order chi connectivity index (χ0) is 14.1. The van der Waals surface area contributed by atoms with Crippen LogP contribution >= 0.6 is 0 Å². The molecule has 0 spiro atoms. The lowest BCUT2D eigenvalue weighted by Gasteiger charge is -2.44. The molecule has 2 nitrogen and oxygen atoms in total. The van der Waals surface area contributed by atoms with Crippen LogP contribution in [0.2, 0.25) is 6.04 Å². The summed E-state index contributed by atoms with van der Waals surface area (Å²) in [4.78, 5) is 0. The molecule has 6 heteroatoms. The van der Waals surface area contributed by atoms with E-state index in [1.807, 2.05) is 6.07 Å². The topological polar surface area (TPSA) is 18.5 Å². The van der Waals surface area contributed by atoms with Gasteiger partial charge in [0, 0.05) is 7.11 Å². The van der Waals surface area contributed by atoms with Gasteiger partial charge in [-0.1, -0.05) is 30.3 Å². The first-order valence-electron chi connectivity index (χ1n) is 6.21. The van der Waals surface area contributed by atoms with Gasteiger partial charge in [0.05, 0.1) is 0 Å². The van der Waals surface area contributed by atoms with Crippen LogP contribution in [-0.2, 0) is 8.85 Å². The highest BCUT2D eigenvalue weighted by Gasteiger charge is 2.60. The maximum absolute atomic E-state index is 13.2. The summed E-state index contributed by atoms with van der Waals surface area (Å²) < 4.78 is 50.5. The molecule has 1 fully saturated rings. The maximum Gasteiger partial charge on any atom is 0.416 e. The molecule has 0 bridgehead atoms. The first-order chi connectivity index (χ1) is 8.83. The molecule has 0 radical (unpaired) electrons. The minimum atomic E-state index is -4.38. The van der Waals surface area contributed by atoms with Crippen LogP contribution < -0.4 is 5.19 Å². The molecule has 2 atom stereocenters. The van der Waals surface area contributed by atoms with Crippen LogP contribution in [0.25, 0.3) is 0 Å². The van der Waals surface area contributed by atoms with Gasteiger partial charge in [-0.2, -0.15) is 13.2 Å². The van der Waals surface area contributed by atoms with Crippen molar-refractivity contribution in [3.8, 4) is 0 Å². The average Bonchev–Trinajstić information content (AvgIpc) is 2.38.